The fourth-order valence-electron chi connectivity index (χ4n) is 3.56. The Bertz CT molecular complexity index is 1030. The number of hydrogen-bond acceptors (Lipinski definition) is 5. The van der Waals surface area contributed by atoms with Crippen molar-refractivity contribution in [2.45, 2.75) is 32.6 Å². The number of amides is 1. The van der Waals surface area contributed by atoms with Crippen molar-refractivity contribution in [3.63, 3.8) is 0 Å². The summed E-state index contributed by atoms with van der Waals surface area (Å²) in [6.45, 7) is 4.93. The van der Waals surface area contributed by atoms with E-state index < -0.39 is 0 Å². The van der Waals surface area contributed by atoms with Gasteiger partial charge in [-0.1, -0.05) is 0 Å². The van der Waals surface area contributed by atoms with Crippen LogP contribution in [0.2, 0.25) is 0 Å². The van der Waals surface area contributed by atoms with Crippen LogP contribution in [0, 0.1) is 13.8 Å². The molecule has 134 valence electrons. The number of hydrogen-bond donors (Lipinski definition) is 1. The largest absolute Gasteiger partial charge is 0.338 e. The zero-order chi connectivity index (χ0) is 18.3. The van der Waals surface area contributed by atoms with Crippen molar-refractivity contribution in [2.75, 3.05) is 13.1 Å². The Morgan fingerprint density at radius 2 is 2.04 bits per heavy atom. The average molecular weight is 352 g/mol. The molecule has 4 heterocycles. The minimum atomic E-state index is -0.125. The van der Waals surface area contributed by atoms with Crippen molar-refractivity contribution in [1.82, 2.24) is 29.5 Å². The summed E-state index contributed by atoms with van der Waals surface area (Å²) in [5.74, 6) is 0.800. The van der Waals surface area contributed by atoms with Gasteiger partial charge in [0, 0.05) is 37.3 Å². The predicted molar refractivity (Wildman–Crippen MR) is 95.2 cm³/mol. The van der Waals surface area contributed by atoms with Crippen LogP contribution in [0.5, 0.6) is 0 Å². The van der Waals surface area contributed by atoms with Crippen LogP contribution in [-0.2, 0) is 0 Å². The number of nitrogens with one attached hydrogen (secondary N) is 1. The highest BCUT2D eigenvalue weighted by Gasteiger charge is 2.27. The standard InChI is InChI=1S/C18H20N6O2/c1-11-14(10-19-16-3-6-20-24(11)16)18(26)23-7-4-13(5-8-23)15-9-17(25)22-12(2)21-15/h3,6,9-10,13H,4-5,7-8H2,1-2H3,(H,21,22,25). The van der Waals surface area contributed by atoms with E-state index in [2.05, 4.69) is 20.1 Å². The Hall–Kier alpha value is -3.03. The maximum absolute atomic E-state index is 12.9. The first kappa shape index (κ1) is 16.4. The molecular formula is C18H20N6O2. The van der Waals surface area contributed by atoms with E-state index in [0.717, 1.165) is 29.9 Å². The fourth-order valence-corrected chi connectivity index (χ4v) is 3.56. The lowest BCUT2D eigenvalue weighted by molar-refractivity contribution is 0.0710. The van der Waals surface area contributed by atoms with Crippen LogP contribution < -0.4 is 5.56 Å². The molecule has 8 nitrogen and oxygen atoms in total. The summed E-state index contributed by atoms with van der Waals surface area (Å²) in [6, 6.07) is 3.37. The first-order valence-corrected chi connectivity index (χ1v) is 8.69. The molecule has 4 rings (SSSR count). The highest BCUT2D eigenvalue weighted by Crippen LogP contribution is 2.27. The van der Waals surface area contributed by atoms with Crippen LogP contribution in [0.3, 0.4) is 0 Å². The number of aromatic amines is 1. The number of carbonyl (C=O) groups is 1. The molecule has 3 aromatic rings. The summed E-state index contributed by atoms with van der Waals surface area (Å²) in [7, 11) is 0. The molecule has 1 N–H and O–H groups in total. The lowest BCUT2D eigenvalue weighted by atomic mass is 9.93. The van der Waals surface area contributed by atoms with Crippen LogP contribution in [0.4, 0.5) is 0 Å². The van der Waals surface area contributed by atoms with Gasteiger partial charge in [0.05, 0.1) is 23.1 Å². The Morgan fingerprint density at radius 1 is 1.27 bits per heavy atom. The second-order valence-electron chi connectivity index (χ2n) is 6.68. The summed E-state index contributed by atoms with van der Waals surface area (Å²) >= 11 is 0. The third kappa shape index (κ3) is 2.87. The molecule has 1 aliphatic heterocycles. The number of aromatic nitrogens is 5. The lowest BCUT2D eigenvalue weighted by Gasteiger charge is -2.32. The van der Waals surface area contributed by atoms with Crippen molar-refractivity contribution in [3.05, 3.63) is 57.7 Å². The fraction of sp³-hybridized carbons (Fsp3) is 0.389. The molecule has 0 bridgehead atoms. The molecule has 0 aliphatic carbocycles. The number of nitrogens with zero attached hydrogens (tertiary/aromatic N) is 5. The van der Waals surface area contributed by atoms with Crippen LogP contribution in [0.15, 0.2) is 29.3 Å². The highest BCUT2D eigenvalue weighted by atomic mass is 16.2. The van der Waals surface area contributed by atoms with Crippen LogP contribution in [0.25, 0.3) is 5.65 Å². The van der Waals surface area contributed by atoms with Crippen LogP contribution >= 0.6 is 0 Å². The van der Waals surface area contributed by atoms with E-state index in [-0.39, 0.29) is 17.4 Å². The zero-order valence-electron chi connectivity index (χ0n) is 14.8. The van der Waals surface area contributed by atoms with E-state index in [4.69, 9.17) is 0 Å². The first-order chi connectivity index (χ1) is 12.5. The van der Waals surface area contributed by atoms with Crippen molar-refractivity contribution in [3.8, 4) is 0 Å². The SMILES string of the molecule is Cc1nc(C2CCN(C(=O)c3cnc4ccnn4c3C)CC2)cc(=O)[nH]1. The third-order valence-electron chi connectivity index (χ3n) is 4.97. The van der Waals surface area contributed by atoms with E-state index in [1.165, 1.54) is 0 Å². The molecule has 0 aromatic carbocycles. The average Bonchev–Trinajstić information content (AvgIpc) is 3.10. The number of aryl methyl sites for hydroxylation is 2. The zero-order valence-corrected chi connectivity index (χ0v) is 14.8. The van der Waals surface area contributed by atoms with E-state index >= 15 is 0 Å². The molecule has 1 amide bonds. The summed E-state index contributed by atoms with van der Waals surface area (Å²) in [6.07, 6.45) is 4.88. The topological polar surface area (TPSA) is 96.2 Å². The van der Waals surface area contributed by atoms with Gasteiger partial charge in [-0.15, -0.1) is 0 Å². The minimum absolute atomic E-state index is 0.0269. The first-order valence-electron chi connectivity index (χ1n) is 8.69. The van der Waals surface area contributed by atoms with Crippen molar-refractivity contribution in [2.24, 2.45) is 0 Å². The molecule has 0 radical (unpaired) electrons. The lowest BCUT2D eigenvalue weighted by Crippen LogP contribution is -2.38. The van der Waals surface area contributed by atoms with Crippen LogP contribution in [0.1, 0.15) is 46.3 Å². The van der Waals surface area contributed by atoms with Gasteiger partial charge in [0.15, 0.2) is 5.65 Å². The molecule has 0 atom stereocenters. The molecule has 0 unspecified atom stereocenters. The highest BCUT2D eigenvalue weighted by molar-refractivity contribution is 5.95. The smallest absolute Gasteiger partial charge is 0.257 e. The normalized spacial score (nSPS) is 15.5. The Labute approximate surface area is 149 Å². The Kier molecular flexibility index (Phi) is 4.02. The third-order valence-corrected chi connectivity index (χ3v) is 4.97. The molecule has 1 fully saturated rings. The van der Waals surface area contributed by atoms with Crippen molar-refractivity contribution >= 4 is 11.6 Å². The quantitative estimate of drug-likeness (QED) is 0.753. The second-order valence-corrected chi connectivity index (χ2v) is 6.68. The van der Waals surface area contributed by atoms with E-state index in [9.17, 15) is 9.59 Å². The second kappa shape index (κ2) is 6.36. The monoisotopic (exact) mass is 352 g/mol. The number of fused-ring (bicyclic) bond motifs is 1. The van der Waals surface area contributed by atoms with Gasteiger partial charge in [-0.05, 0) is 26.7 Å². The summed E-state index contributed by atoms with van der Waals surface area (Å²) in [4.78, 5) is 37.8. The Morgan fingerprint density at radius 3 is 2.77 bits per heavy atom. The molecular weight excluding hydrogens is 332 g/mol. The van der Waals surface area contributed by atoms with Gasteiger partial charge in [-0.25, -0.2) is 14.5 Å². The predicted octanol–water partition coefficient (Wildman–Crippen LogP) is 1.45. The van der Waals surface area contributed by atoms with Crippen molar-refractivity contribution in [1.29, 1.82) is 0 Å². The van der Waals surface area contributed by atoms with Gasteiger partial charge in [0.2, 0.25) is 0 Å². The molecule has 1 saturated heterocycles. The van der Waals surface area contributed by atoms with Gasteiger partial charge in [-0.2, -0.15) is 5.10 Å². The molecule has 1 aliphatic rings. The molecule has 0 spiro atoms. The van der Waals surface area contributed by atoms with Crippen molar-refractivity contribution < 1.29 is 4.79 Å². The Balaban J connectivity index is 1.51. The van der Waals surface area contributed by atoms with Gasteiger partial charge in [0.25, 0.3) is 11.5 Å². The van der Waals surface area contributed by atoms with Gasteiger partial charge in [-0.3, -0.25) is 9.59 Å². The number of likely N-dealkylation sites (tertiary alicyclic amines) is 1. The van der Waals surface area contributed by atoms with E-state index in [0.29, 0.717) is 24.5 Å². The minimum Gasteiger partial charge on any atom is -0.338 e. The number of piperidine rings is 1. The van der Waals surface area contributed by atoms with Crippen LogP contribution in [-0.4, -0.2) is 48.5 Å². The van der Waals surface area contributed by atoms with Gasteiger partial charge in [0.1, 0.15) is 5.82 Å². The number of carbonyl (C=O) groups excluding carboxylic acids is 1. The molecule has 3 aromatic heterocycles. The molecule has 8 heteroatoms. The van der Waals surface area contributed by atoms with E-state index in [1.54, 1.807) is 29.9 Å². The summed E-state index contributed by atoms with van der Waals surface area (Å²) in [5, 5.41) is 4.22. The number of rotatable bonds is 2. The molecule has 0 saturated carbocycles. The maximum atomic E-state index is 12.9. The summed E-state index contributed by atoms with van der Waals surface area (Å²) in [5.41, 5.74) is 2.78. The molecule has 26 heavy (non-hydrogen) atoms. The van der Waals surface area contributed by atoms with Gasteiger partial charge >= 0.3 is 0 Å². The van der Waals surface area contributed by atoms with E-state index in [1.807, 2.05) is 17.9 Å². The van der Waals surface area contributed by atoms with Gasteiger partial charge < -0.3 is 9.88 Å². The maximum Gasteiger partial charge on any atom is 0.257 e. The number of H-pyrrole nitrogens is 1. The summed E-state index contributed by atoms with van der Waals surface area (Å²) < 4.78 is 1.68.